The minimum atomic E-state index is -0.619. The van der Waals surface area contributed by atoms with Crippen LogP contribution in [0.4, 0.5) is 5.69 Å². The van der Waals surface area contributed by atoms with Gasteiger partial charge in [0.2, 0.25) is 0 Å². The van der Waals surface area contributed by atoms with E-state index in [2.05, 4.69) is 26.1 Å². The molecule has 6 heteroatoms. The van der Waals surface area contributed by atoms with E-state index >= 15 is 0 Å². The quantitative estimate of drug-likeness (QED) is 0.733. The summed E-state index contributed by atoms with van der Waals surface area (Å²) in [5.74, 6) is 0.0317. The van der Waals surface area contributed by atoms with Crippen molar-refractivity contribution in [2.45, 2.75) is 33.1 Å². The first kappa shape index (κ1) is 21.3. The maximum atomic E-state index is 12.0. The van der Waals surface area contributed by atoms with Gasteiger partial charge >= 0.3 is 5.97 Å². The van der Waals surface area contributed by atoms with Gasteiger partial charge in [-0.3, -0.25) is 4.79 Å². The topological polar surface area (TPSA) is 73.9 Å². The third-order valence-electron chi connectivity index (χ3n) is 4.07. The summed E-state index contributed by atoms with van der Waals surface area (Å²) in [4.78, 5) is 23.8. The van der Waals surface area contributed by atoms with Gasteiger partial charge in [0.25, 0.3) is 5.91 Å². The molecule has 2 aromatic carbocycles. The fourth-order valence-electron chi connectivity index (χ4n) is 2.49. The number of hydrogen-bond donors (Lipinski definition) is 1. The lowest BCUT2D eigenvalue weighted by Gasteiger charge is -2.19. The molecule has 0 fully saturated rings. The third-order valence-corrected chi connectivity index (χ3v) is 4.07. The van der Waals surface area contributed by atoms with Gasteiger partial charge in [0.15, 0.2) is 13.2 Å². The van der Waals surface area contributed by atoms with Crippen LogP contribution in [0.3, 0.4) is 0 Å². The van der Waals surface area contributed by atoms with E-state index in [1.54, 1.807) is 12.1 Å². The zero-order valence-electron chi connectivity index (χ0n) is 17.0. The van der Waals surface area contributed by atoms with Crippen LogP contribution in [-0.2, 0) is 19.7 Å². The Kier molecular flexibility index (Phi) is 7.04. The molecule has 0 aliphatic heterocycles. The van der Waals surface area contributed by atoms with Crippen LogP contribution in [0, 0.1) is 6.92 Å². The Bertz CT molecular complexity index is 822. The largest absolute Gasteiger partial charge is 0.495 e. The van der Waals surface area contributed by atoms with Crippen molar-refractivity contribution in [3.8, 4) is 11.5 Å². The van der Waals surface area contributed by atoms with Crippen LogP contribution in [-0.4, -0.2) is 32.2 Å². The molecule has 2 aromatic rings. The summed E-state index contributed by atoms with van der Waals surface area (Å²) >= 11 is 0. The first-order valence-corrected chi connectivity index (χ1v) is 9.02. The zero-order valence-corrected chi connectivity index (χ0v) is 17.0. The van der Waals surface area contributed by atoms with Crippen LogP contribution >= 0.6 is 0 Å². The van der Waals surface area contributed by atoms with Gasteiger partial charge in [-0.2, -0.15) is 0 Å². The zero-order chi connectivity index (χ0) is 20.7. The standard InChI is InChI=1S/C22H27NO5/c1-15-6-11-19(26-5)18(12-15)23-20(24)13-28-21(25)14-27-17-9-7-16(8-10-17)22(2,3)4/h6-12H,13-14H2,1-5H3,(H,23,24). The number of aryl methyl sites for hydroxylation is 1. The van der Waals surface area contributed by atoms with E-state index in [-0.39, 0.29) is 12.0 Å². The van der Waals surface area contributed by atoms with Gasteiger partial charge in [0.05, 0.1) is 12.8 Å². The lowest BCUT2D eigenvalue weighted by molar-refractivity contribution is -0.149. The number of hydrogen-bond acceptors (Lipinski definition) is 5. The average molecular weight is 385 g/mol. The van der Waals surface area contributed by atoms with Crippen LogP contribution in [0.25, 0.3) is 0 Å². The highest BCUT2D eigenvalue weighted by atomic mass is 16.6. The Morgan fingerprint density at radius 3 is 2.29 bits per heavy atom. The molecule has 0 spiro atoms. The Balaban J connectivity index is 1.79. The maximum Gasteiger partial charge on any atom is 0.344 e. The van der Waals surface area contributed by atoms with Crippen molar-refractivity contribution in [1.29, 1.82) is 0 Å². The summed E-state index contributed by atoms with van der Waals surface area (Å²) in [6.45, 7) is 7.60. The normalized spacial score (nSPS) is 10.9. The SMILES string of the molecule is COc1ccc(C)cc1NC(=O)COC(=O)COc1ccc(C(C)(C)C)cc1. The van der Waals surface area contributed by atoms with Crippen LogP contribution in [0.2, 0.25) is 0 Å². The third kappa shape index (κ3) is 6.30. The summed E-state index contributed by atoms with van der Waals surface area (Å²) in [7, 11) is 1.52. The highest BCUT2D eigenvalue weighted by Crippen LogP contribution is 2.25. The summed E-state index contributed by atoms with van der Waals surface area (Å²) in [6.07, 6.45) is 0. The Hall–Kier alpha value is -3.02. The molecule has 2 rings (SSSR count). The van der Waals surface area contributed by atoms with Crippen molar-refractivity contribution in [3.05, 3.63) is 53.6 Å². The second-order valence-corrected chi connectivity index (χ2v) is 7.48. The number of carbonyl (C=O) groups excluding carboxylic acids is 2. The highest BCUT2D eigenvalue weighted by Gasteiger charge is 2.14. The van der Waals surface area contributed by atoms with E-state index in [4.69, 9.17) is 14.2 Å². The van der Waals surface area contributed by atoms with E-state index in [9.17, 15) is 9.59 Å². The molecule has 0 aliphatic rings. The summed E-state index contributed by atoms with van der Waals surface area (Å²) < 4.78 is 15.6. The minimum Gasteiger partial charge on any atom is -0.495 e. The van der Waals surface area contributed by atoms with Crippen LogP contribution < -0.4 is 14.8 Å². The van der Waals surface area contributed by atoms with Gasteiger partial charge in [0, 0.05) is 0 Å². The summed E-state index contributed by atoms with van der Waals surface area (Å²) in [5, 5.41) is 2.67. The van der Waals surface area contributed by atoms with Gasteiger partial charge in [-0.25, -0.2) is 4.79 Å². The molecule has 0 atom stereocenters. The molecule has 0 saturated heterocycles. The lowest BCUT2D eigenvalue weighted by Crippen LogP contribution is -2.24. The van der Waals surface area contributed by atoms with Gasteiger partial charge in [-0.1, -0.05) is 39.0 Å². The molecule has 6 nitrogen and oxygen atoms in total. The number of nitrogens with one attached hydrogen (secondary N) is 1. The Morgan fingerprint density at radius 2 is 1.68 bits per heavy atom. The van der Waals surface area contributed by atoms with E-state index in [0.717, 1.165) is 5.56 Å². The van der Waals surface area contributed by atoms with E-state index in [1.165, 1.54) is 12.7 Å². The molecule has 0 radical (unpaired) electrons. The molecular formula is C22H27NO5. The summed E-state index contributed by atoms with van der Waals surface area (Å²) in [6, 6.07) is 13.0. The number of rotatable bonds is 7. The predicted molar refractivity (Wildman–Crippen MR) is 108 cm³/mol. The van der Waals surface area contributed by atoms with Gasteiger partial charge < -0.3 is 19.5 Å². The minimum absolute atomic E-state index is 0.0464. The molecule has 0 bridgehead atoms. The van der Waals surface area contributed by atoms with Crippen molar-refractivity contribution >= 4 is 17.6 Å². The van der Waals surface area contributed by atoms with Crippen LogP contribution in [0.15, 0.2) is 42.5 Å². The number of methoxy groups -OCH3 is 1. The fraction of sp³-hybridized carbons (Fsp3) is 0.364. The van der Waals surface area contributed by atoms with Crippen LogP contribution in [0.5, 0.6) is 11.5 Å². The first-order valence-electron chi connectivity index (χ1n) is 9.02. The Morgan fingerprint density at radius 1 is 1.00 bits per heavy atom. The van der Waals surface area contributed by atoms with Crippen molar-refractivity contribution in [2.75, 3.05) is 25.6 Å². The van der Waals surface area contributed by atoms with Crippen molar-refractivity contribution in [2.24, 2.45) is 0 Å². The smallest absolute Gasteiger partial charge is 0.344 e. The number of ether oxygens (including phenoxy) is 3. The lowest BCUT2D eigenvalue weighted by atomic mass is 9.87. The van der Waals surface area contributed by atoms with Crippen molar-refractivity contribution in [1.82, 2.24) is 0 Å². The number of amides is 1. The Labute approximate surface area is 165 Å². The molecule has 150 valence electrons. The second kappa shape index (κ2) is 9.26. The molecule has 0 aromatic heterocycles. The molecule has 0 unspecified atom stereocenters. The molecule has 28 heavy (non-hydrogen) atoms. The molecule has 1 amide bonds. The van der Waals surface area contributed by atoms with Gasteiger partial charge in [-0.15, -0.1) is 0 Å². The fourth-order valence-corrected chi connectivity index (χ4v) is 2.49. The first-order chi connectivity index (χ1) is 13.2. The molecule has 0 saturated carbocycles. The average Bonchev–Trinajstić information content (AvgIpc) is 2.64. The number of anilines is 1. The maximum absolute atomic E-state index is 12.0. The van der Waals surface area contributed by atoms with Crippen molar-refractivity contribution in [3.63, 3.8) is 0 Å². The van der Waals surface area contributed by atoms with E-state index in [0.29, 0.717) is 17.2 Å². The molecule has 1 N–H and O–H groups in total. The van der Waals surface area contributed by atoms with E-state index in [1.807, 2.05) is 37.3 Å². The van der Waals surface area contributed by atoms with Gasteiger partial charge in [0.1, 0.15) is 11.5 Å². The monoisotopic (exact) mass is 385 g/mol. The molecular weight excluding hydrogens is 358 g/mol. The highest BCUT2D eigenvalue weighted by molar-refractivity contribution is 5.94. The molecule has 0 heterocycles. The predicted octanol–water partition coefficient (Wildman–Crippen LogP) is 3.86. The van der Waals surface area contributed by atoms with E-state index < -0.39 is 18.5 Å². The molecule has 0 aliphatic carbocycles. The van der Waals surface area contributed by atoms with Gasteiger partial charge in [-0.05, 0) is 47.7 Å². The number of carbonyl (C=O) groups is 2. The summed E-state index contributed by atoms with van der Waals surface area (Å²) in [5.41, 5.74) is 2.72. The van der Waals surface area contributed by atoms with Crippen LogP contribution in [0.1, 0.15) is 31.9 Å². The number of esters is 1. The number of benzene rings is 2. The van der Waals surface area contributed by atoms with Crippen molar-refractivity contribution < 1.29 is 23.8 Å². The second-order valence-electron chi connectivity index (χ2n) is 7.48.